The maximum absolute atomic E-state index is 13.8. The monoisotopic (exact) mass is 323 g/mol. The number of rotatable bonds is 5. The fourth-order valence-electron chi connectivity index (χ4n) is 1.44. The Hall–Kier alpha value is -2.03. The van der Waals surface area contributed by atoms with Gasteiger partial charge in [0.25, 0.3) is 9.84 Å². The molecule has 0 aliphatic heterocycles. The van der Waals surface area contributed by atoms with Crippen LogP contribution in [0.1, 0.15) is 5.56 Å². The van der Waals surface area contributed by atoms with Crippen molar-refractivity contribution in [2.24, 2.45) is 5.73 Å². The number of hydrogen-bond acceptors (Lipinski definition) is 4. The number of alkyl halides is 2. The van der Waals surface area contributed by atoms with Crippen molar-refractivity contribution in [1.82, 2.24) is 0 Å². The van der Waals surface area contributed by atoms with Gasteiger partial charge in [0.05, 0.1) is 4.90 Å². The molecule has 0 atom stereocenters. The first-order valence-corrected chi connectivity index (χ1v) is 7.05. The maximum Gasteiger partial charge on any atom is 0.404 e. The van der Waals surface area contributed by atoms with Gasteiger partial charge < -0.3 is 10.5 Å². The van der Waals surface area contributed by atoms with Crippen molar-refractivity contribution in [3.05, 3.63) is 41.7 Å². The summed E-state index contributed by atoms with van der Waals surface area (Å²) in [7, 11) is -5.27. The number of aryl methyl sites for hydroxylation is 1. The molecule has 0 unspecified atom stereocenters. The van der Waals surface area contributed by atoms with E-state index in [9.17, 15) is 26.4 Å². The standard InChI is InChI=1S/C12H12F3NO4S/c1-8-4-2-3-5-9(8)21(18,19)12(14,15)10(13)6-7-20-11(16)17/h2-6H,7H2,1H3,(H2,16,17). The summed E-state index contributed by atoms with van der Waals surface area (Å²) in [4.78, 5) is 9.55. The number of amides is 1. The fourth-order valence-corrected chi connectivity index (χ4v) is 2.81. The average Bonchev–Trinajstić information content (AvgIpc) is 2.38. The van der Waals surface area contributed by atoms with E-state index in [0.29, 0.717) is 0 Å². The predicted octanol–water partition coefficient (Wildman–Crippen LogP) is 2.31. The number of ether oxygens (including phenoxy) is 1. The number of carbonyl (C=O) groups is 1. The van der Waals surface area contributed by atoms with E-state index in [1.54, 1.807) is 0 Å². The molecule has 9 heteroatoms. The lowest BCUT2D eigenvalue weighted by Crippen LogP contribution is -2.30. The van der Waals surface area contributed by atoms with Crippen LogP contribution < -0.4 is 5.73 Å². The Labute approximate surface area is 119 Å². The smallest absolute Gasteiger partial charge is 0.404 e. The molecule has 5 nitrogen and oxygen atoms in total. The highest BCUT2D eigenvalue weighted by Gasteiger charge is 2.51. The Balaban J connectivity index is 3.16. The molecular weight excluding hydrogens is 311 g/mol. The van der Waals surface area contributed by atoms with Gasteiger partial charge in [-0.1, -0.05) is 18.2 Å². The number of sulfone groups is 1. The molecule has 116 valence electrons. The summed E-state index contributed by atoms with van der Waals surface area (Å²) in [6.45, 7) is 0.404. The lowest BCUT2D eigenvalue weighted by Gasteiger charge is -2.16. The second-order valence-corrected chi connectivity index (χ2v) is 5.93. The normalized spacial score (nSPS) is 13.0. The summed E-state index contributed by atoms with van der Waals surface area (Å²) < 4.78 is 68.8. The molecule has 0 fully saturated rings. The Morgan fingerprint density at radius 3 is 2.48 bits per heavy atom. The summed E-state index contributed by atoms with van der Waals surface area (Å²) in [6, 6.07) is 4.96. The number of nitrogens with two attached hydrogens (primary N) is 1. The van der Waals surface area contributed by atoms with Crippen molar-refractivity contribution in [1.29, 1.82) is 0 Å². The van der Waals surface area contributed by atoms with Gasteiger partial charge in [-0.05, 0) is 24.6 Å². The quantitative estimate of drug-likeness (QED) is 0.901. The van der Waals surface area contributed by atoms with Gasteiger partial charge in [-0.25, -0.2) is 17.6 Å². The average molecular weight is 323 g/mol. The van der Waals surface area contributed by atoms with Crippen molar-refractivity contribution in [3.8, 4) is 0 Å². The van der Waals surface area contributed by atoms with Gasteiger partial charge >= 0.3 is 11.3 Å². The Kier molecular flexibility index (Phi) is 5.00. The summed E-state index contributed by atoms with van der Waals surface area (Å²) >= 11 is 0. The van der Waals surface area contributed by atoms with Crippen LogP contribution in [0.5, 0.6) is 0 Å². The zero-order valence-electron chi connectivity index (χ0n) is 10.8. The largest absolute Gasteiger partial charge is 0.445 e. The second-order valence-electron chi connectivity index (χ2n) is 3.97. The Morgan fingerprint density at radius 1 is 1.38 bits per heavy atom. The van der Waals surface area contributed by atoms with Crippen molar-refractivity contribution < 1.29 is 31.1 Å². The second kappa shape index (κ2) is 6.17. The number of carbonyl (C=O) groups excluding carboxylic acids is 1. The van der Waals surface area contributed by atoms with Gasteiger partial charge in [-0.3, -0.25) is 0 Å². The van der Waals surface area contributed by atoms with Crippen LogP contribution in [0.2, 0.25) is 0 Å². The predicted molar refractivity (Wildman–Crippen MR) is 68.0 cm³/mol. The van der Waals surface area contributed by atoms with Gasteiger partial charge in [0.1, 0.15) is 6.61 Å². The van der Waals surface area contributed by atoms with Gasteiger partial charge in [-0.2, -0.15) is 8.78 Å². The van der Waals surface area contributed by atoms with Crippen molar-refractivity contribution in [3.63, 3.8) is 0 Å². The maximum atomic E-state index is 13.8. The van der Waals surface area contributed by atoms with Crippen molar-refractivity contribution in [2.75, 3.05) is 6.61 Å². The molecule has 1 aromatic carbocycles. The van der Waals surface area contributed by atoms with Gasteiger partial charge in [0.2, 0.25) is 0 Å². The van der Waals surface area contributed by atoms with E-state index in [4.69, 9.17) is 0 Å². The molecule has 1 amide bonds. The lowest BCUT2D eigenvalue weighted by atomic mass is 10.2. The number of halogens is 3. The molecule has 2 N–H and O–H groups in total. The zero-order chi connectivity index (χ0) is 16.3. The number of primary amides is 1. The molecule has 0 aliphatic rings. The summed E-state index contributed by atoms with van der Waals surface area (Å²) in [5.74, 6) is -2.24. The molecule has 0 aliphatic carbocycles. The topological polar surface area (TPSA) is 86.5 Å². The van der Waals surface area contributed by atoms with Crippen LogP contribution in [-0.4, -0.2) is 26.4 Å². The molecule has 0 saturated heterocycles. The number of hydrogen-bond donors (Lipinski definition) is 1. The van der Waals surface area contributed by atoms with Crippen LogP contribution in [0.15, 0.2) is 41.1 Å². The minimum atomic E-state index is -5.27. The van der Waals surface area contributed by atoms with Crippen LogP contribution in [0.4, 0.5) is 18.0 Å². The van der Waals surface area contributed by atoms with Crippen molar-refractivity contribution >= 4 is 15.9 Å². The molecular formula is C12H12F3NO4S. The first-order valence-electron chi connectivity index (χ1n) is 5.57. The van der Waals surface area contributed by atoms with Crippen LogP contribution >= 0.6 is 0 Å². The molecule has 0 aromatic heterocycles. The minimum absolute atomic E-state index is 0.0540. The Bertz CT molecular complexity index is 671. The van der Waals surface area contributed by atoms with E-state index in [-0.39, 0.29) is 11.6 Å². The number of benzene rings is 1. The molecule has 0 radical (unpaired) electrons. The Morgan fingerprint density at radius 2 is 1.95 bits per heavy atom. The van der Waals surface area contributed by atoms with E-state index < -0.39 is 38.5 Å². The van der Waals surface area contributed by atoms with E-state index in [1.807, 2.05) is 0 Å². The SMILES string of the molecule is Cc1ccccc1S(=O)(=O)C(F)(F)C(F)=CCOC(N)=O. The van der Waals surface area contributed by atoms with Gasteiger partial charge in [0.15, 0.2) is 5.83 Å². The molecule has 1 aromatic rings. The van der Waals surface area contributed by atoms with Gasteiger partial charge in [0, 0.05) is 0 Å². The molecule has 0 heterocycles. The van der Waals surface area contributed by atoms with Crippen LogP contribution in [0.3, 0.4) is 0 Å². The molecule has 0 saturated carbocycles. The summed E-state index contributed by atoms with van der Waals surface area (Å²) in [5, 5.41) is -4.78. The first kappa shape index (κ1) is 17.0. The highest BCUT2D eigenvalue weighted by molar-refractivity contribution is 7.92. The first-order chi connectivity index (χ1) is 9.60. The highest BCUT2D eigenvalue weighted by Crippen LogP contribution is 2.37. The highest BCUT2D eigenvalue weighted by atomic mass is 32.2. The molecule has 0 bridgehead atoms. The van der Waals surface area contributed by atoms with Gasteiger partial charge in [-0.15, -0.1) is 0 Å². The minimum Gasteiger partial charge on any atom is -0.445 e. The van der Waals surface area contributed by atoms with Crippen LogP contribution in [-0.2, 0) is 14.6 Å². The van der Waals surface area contributed by atoms with Crippen molar-refractivity contribution in [2.45, 2.75) is 17.1 Å². The van der Waals surface area contributed by atoms with E-state index in [0.717, 1.165) is 6.07 Å². The summed E-state index contributed by atoms with van der Waals surface area (Å²) in [6.07, 6.45) is -1.16. The van der Waals surface area contributed by atoms with Crippen LogP contribution in [0, 0.1) is 6.92 Å². The molecule has 1 rings (SSSR count). The van der Waals surface area contributed by atoms with E-state index >= 15 is 0 Å². The zero-order valence-corrected chi connectivity index (χ0v) is 11.7. The lowest BCUT2D eigenvalue weighted by molar-refractivity contribution is 0.103. The van der Waals surface area contributed by atoms with Crippen LogP contribution in [0.25, 0.3) is 0 Å². The third-order valence-electron chi connectivity index (χ3n) is 2.49. The van der Waals surface area contributed by atoms with E-state index in [2.05, 4.69) is 10.5 Å². The third kappa shape index (κ3) is 3.54. The van der Waals surface area contributed by atoms with E-state index in [1.165, 1.54) is 25.1 Å². The molecule has 21 heavy (non-hydrogen) atoms. The third-order valence-corrected chi connectivity index (χ3v) is 4.39. The fraction of sp³-hybridized carbons (Fsp3) is 0.250. The summed E-state index contributed by atoms with van der Waals surface area (Å²) in [5.41, 5.74) is 4.62. The molecule has 0 spiro atoms.